The predicted octanol–water partition coefficient (Wildman–Crippen LogP) is 6.63. The first-order valence-corrected chi connectivity index (χ1v) is 16.3. The number of carboxylic acids is 1. The smallest absolute Gasteiger partial charge is 0.477 e. The number of urea groups is 1. The lowest BCUT2D eigenvalue weighted by molar-refractivity contribution is -0.275. The molecule has 4 rings (SSSR count). The van der Waals surface area contributed by atoms with Crippen molar-refractivity contribution in [2.24, 2.45) is 0 Å². The van der Waals surface area contributed by atoms with Crippen molar-refractivity contribution in [3.05, 3.63) is 89.5 Å². The molecular weight excluding hydrogens is 665 g/mol. The number of carbonyl (C=O) groups excluding carboxylic acids is 2. The number of ether oxygens (including phenoxy) is 1. The van der Waals surface area contributed by atoms with Crippen LogP contribution in [0.4, 0.5) is 38.1 Å². The second kappa shape index (κ2) is 14.4. The van der Waals surface area contributed by atoms with E-state index in [1.165, 1.54) is 29.2 Å². The van der Waals surface area contributed by atoms with Gasteiger partial charge in [0.05, 0.1) is 13.1 Å². The topological polar surface area (TPSA) is 142 Å². The van der Waals surface area contributed by atoms with Gasteiger partial charge in [-0.25, -0.2) is 18.0 Å². The first-order valence-electron chi connectivity index (χ1n) is 14.4. The molecule has 256 valence electrons. The van der Waals surface area contributed by atoms with Gasteiger partial charge in [0, 0.05) is 23.2 Å². The molecule has 0 aromatic heterocycles. The van der Waals surface area contributed by atoms with Crippen molar-refractivity contribution in [1.29, 1.82) is 0 Å². The summed E-state index contributed by atoms with van der Waals surface area (Å²) >= 11 is 0. The highest BCUT2D eigenvalue weighted by Gasteiger charge is 2.39. The number of hydrogen-bond acceptors (Lipinski definition) is 6. The molecule has 0 aliphatic heterocycles. The van der Waals surface area contributed by atoms with Crippen molar-refractivity contribution in [3.8, 4) is 5.75 Å². The van der Waals surface area contributed by atoms with E-state index in [2.05, 4.69) is 16.1 Å². The van der Waals surface area contributed by atoms with Gasteiger partial charge in [-0.3, -0.25) is 9.69 Å². The van der Waals surface area contributed by atoms with Crippen LogP contribution in [0.15, 0.2) is 77.7 Å². The molecule has 0 atom stereocenters. The number of halogens is 5. The van der Waals surface area contributed by atoms with Crippen molar-refractivity contribution in [1.82, 2.24) is 5.32 Å². The van der Waals surface area contributed by atoms with E-state index in [-0.39, 0.29) is 17.8 Å². The van der Waals surface area contributed by atoms with Crippen molar-refractivity contribution in [2.45, 2.75) is 49.4 Å². The zero-order valence-corrected chi connectivity index (χ0v) is 26.1. The molecule has 3 aromatic carbocycles. The molecule has 0 spiro atoms. The highest BCUT2D eigenvalue weighted by Crippen LogP contribution is 2.33. The molecule has 48 heavy (non-hydrogen) atoms. The molecule has 1 aliphatic carbocycles. The number of carbonyl (C=O) groups is 3. The molecule has 10 nitrogen and oxygen atoms in total. The number of anilines is 2. The van der Waals surface area contributed by atoms with Gasteiger partial charge < -0.3 is 20.5 Å². The summed E-state index contributed by atoms with van der Waals surface area (Å²) in [6.07, 6.45) is 1.65. The molecule has 3 N–H and O–H groups in total. The molecule has 0 saturated carbocycles. The van der Waals surface area contributed by atoms with E-state index in [1.54, 1.807) is 12.1 Å². The minimum absolute atomic E-state index is 0.0597. The molecule has 0 fully saturated rings. The van der Waals surface area contributed by atoms with Gasteiger partial charge in [0.1, 0.15) is 10.6 Å². The van der Waals surface area contributed by atoms with Gasteiger partial charge in [-0.15, -0.1) is 13.2 Å². The van der Waals surface area contributed by atoms with Gasteiger partial charge in [0.2, 0.25) is 0 Å². The van der Waals surface area contributed by atoms with Gasteiger partial charge in [-0.05, 0) is 84.8 Å². The number of nitrogens with one attached hydrogen (secondary N) is 2. The van der Waals surface area contributed by atoms with Gasteiger partial charge in [-0.2, -0.15) is 8.78 Å². The number of hydrogen-bond donors (Lipinski definition) is 3. The van der Waals surface area contributed by atoms with E-state index in [0.717, 1.165) is 55.0 Å². The Bertz CT molecular complexity index is 1810. The fourth-order valence-corrected chi connectivity index (χ4v) is 5.64. The number of rotatable bonds is 11. The van der Waals surface area contributed by atoms with Crippen molar-refractivity contribution >= 4 is 44.7 Å². The second-order valence-electron chi connectivity index (χ2n) is 10.9. The standard InChI is InChI=1S/C32H30F5N3O7S/c1-48(45,46)27-17-24(13-16-26(27)47-32(35,36)37)39-30(44)40(25-14-11-22(12-15-25)21-5-3-2-4-6-21)18-20-7-9-23(10-8-20)28(41)38-19-31(33,34)29(42)43/h5,7-17H,2-4,6,18-19H2,1H3,(H,38,41)(H,39,44)(H,42,43). The molecule has 3 aromatic rings. The van der Waals surface area contributed by atoms with Crippen LogP contribution in [0.1, 0.15) is 47.2 Å². The fourth-order valence-electron chi connectivity index (χ4n) is 4.82. The van der Waals surface area contributed by atoms with Crippen LogP contribution < -0.4 is 20.3 Å². The summed E-state index contributed by atoms with van der Waals surface area (Å²) in [5.41, 5.74) is 2.77. The van der Waals surface area contributed by atoms with Crippen LogP contribution in [0, 0.1) is 0 Å². The van der Waals surface area contributed by atoms with Crippen LogP contribution in [-0.4, -0.2) is 56.5 Å². The average Bonchev–Trinajstić information content (AvgIpc) is 3.02. The minimum atomic E-state index is -5.17. The normalized spacial score (nSPS) is 13.7. The Morgan fingerprint density at radius 2 is 1.60 bits per heavy atom. The van der Waals surface area contributed by atoms with Gasteiger partial charge in [0.15, 0.2) is 9.84 Å². The quantitative estimate of drug-likeness (QED) is 0.191. The minimum Gasteiger partial charge on any atom is -0.477 e. The van der Waals surface area contributed by atoms with Gasteiger partial charge in [0.25, 0.3) is 5.91 Å². The third kappa shape index (κ3) is 9.53. The van der Waals surface area contributed by atoms with Crippen LogP contribution in [0.5, 0.6) is 5.75 Å². The van der Waals surface area contributed by atoms with Crippen LogP contribution in [0.25, 0.3) is 5.57 Å². The highest BCUT2D eigenvalue weighted by molar-refractivity contribution is 7.90. The molecular formula is C32H30F5N3O7S. The molecule has 3 amide bonds. The van der Waals surface area contributed by atoms with E-state index in [0.29, 0.717) is 17.5 Å². The lowest BCUT2D eigenvalue weighted by Crippen LogP contribution is -2.42. The summed E-state index contributed by atoms with van der Waals surface area (Å²) in [6.45, 7) is -1.55. The Morgan fingerprint density at radius 1 is 0.938 bits per heavy atom. The largest absolute Gasteiger partial charge is 0.573 e. The van der Waals surface area contributed by atoms with Crippen molar-refractivity contribution in [2.75, 3.05) is 23.0 Å². The second-order valence-corrected chi connectivity index (χ2v) is 12.9. The number of sulfone groups is 1. The van der Waals surface area contributed by atoms with E-state index in [9.17, 15) is 44.8 Å². The van der Waals surface area contributed by atoms with Crippen LogP contribution in [0.3, 0.4) is 0 Å². The average molecular weight is 696 g/mol. The highest BCUT2D eigenvalue weighted by atomic mass is 32.2. The van der Waals surface area contributed by atoms with Gasteiger partial charge >= 0.3 is 24.3 Å². The summed E-state index contributed by atoms with van der Waals surface area (Å²) in [4.78, 5) is 37.0. The number of benzene rings is 3. The number of aliphatic carboxylic acids is 1. The first kappa shape index (κ1) is 35.9. The number of nitrogens with zero attached hydrogens (tertiary/aromatic N) is 1. The molecule has 0 bridgehead atoms. The van der Waals surface area contributed by atoms with Crippen molar-refractivity contribution in [3.63, 3.8) is 0 Å². The van der Waals surface area contributed by atoms with Gasteiger partial charge in [-0.1, -0.05) is 30.3 Å². The fraction of sp³-hybridized carbons (Fsp3) is 0.281. The third-order valence-electron chi connectivity index (χ3n) is 7.25. The first-order chi connectivity index (χ1) is 22.4. The van der Waals surface area contributed by atoms with E-state index >= 15 is 0 Å². The number of carboxylic acid groups (broad SMARTS) is 1. The SMILES string of the molecule is CS(=O)(=O)c1cc(NC(=O)N(Cc2ccc(C(=O)NCC(F)(F)C(=O)O)cc2)c2ccc(C3=CCCCC3)cc2)ccc1OC(F)(F)F. The Balaban J connectivity index is 1.61. The number of alkyl halides is 5. The summed E-state index contributed by atoms with van der Waals surface area (Å²) < 4.78 is 93.8. The van der Waals surface area contributed by atoms with Crippen molar-refractivity contribution < 1.29 is 54.6 Å². The van der Waals surface area contributed by atoms with Crippen LogP contribution >= 0.6 is 0 Å². The molecule has 0 heterocycles. The zero-order valence-electron chi connectivity index (χ0n) is 25.3. The monoisotopic (exact) mass is 695 g/mol. The third-order valence-corrected chi connectivity index (χ3v) is 8.36. The molecule has 1 aliphatic rings. The Kier molecular flexibility index (Phi) is 10.8. The summed E-state index contributed by atoms with van der Waals surface area (Å²) in [5.74, 6) is -8.48. The van der Waals surface area contributed by atoms with Crippen LogP contribution in [-0.2, 0) is 21.2 Å². The van der Waals surface area contributed by atoms with E-state index < -0.39 is 57.2 Å². The lowest BCUT2D eigenvalue weighted by Gasteiger charge is -2.24. The summed E-state index contributed by atoms with van der Waals surface area (Å²) in [6, 6.07) is 14.4. The van der Waals surface area contributed by atoms with E-state index in [1.807, 2.05) is 17.4 Å². The maximum absolute atomic E-state index is 13.6. The molecule has 16 heteroatoms. The molecule has 0 radical (unpaired) electrons. The summed E-state index contributed by atoms with van der Waals surface area (Å²) in [5, 5.41) is 12.9. The van der Waals surface area contributed by atoms with Crippen LogP contribution in [0.2, 0.25) is 0 Å². The lowest BCUT2D eigenvalue weighted by atomic mass is 9.93. The summed E-state index contributed by atoms with van der Waals surface area (Å²) in [7, 11) is -4.23. The number of allylic oxidation sites excluding steroid dienone is 2. The maximum atomic E-state index is 13.6. The number of amides is 3. The molecule has 0 saturated heterocycles. The Morgan fingerprint density at radius 3 is 2.17 bits per heavy atom. The Labute approximate surface area is 272 Å². The Hall–Kier alpha value is -4.99. The van der Waals surface area contributed by atoms with E-state index in [4.69, 9.17) is 5.11 Å². The predicted molar refractivity (Wildman–Crippen MR) is 166 cm³/mol. The molecule has 0 unspecified atom stereocenters. The maximum Gasteiger partial charge on any atom is 0.573 e. The zero-order chi connectivity index (χ0) is 35.3.